The van der Waals surface area contributed by atoms with Crippen molar-refractivity contribution < 1.29 is 4.74 Å². The van der Waals surface area contributed by atoms with E-state index in [4.69, 9.17) is 4.74 Å². The van der Waals surface area contributed by atoms with Gasteiger partial charge in [-0.05, 0) is 51.6 Å². The zero-order valence-electron chi connectivity index (χ0n) is 13.8. The fraction of sp³-hybridized carbons (Fsp3) is 0.812. The van der Waals surface area contributed by atoms with Gasteiger partial charge in [-0.1, -0.05) is 13.8 Å². The molecule has 0 saturated carbocycles. The molecule has 0 fully saturated rings. The molecular formula is C16H31N3O. The van der Waals surface area contributed by atoms with Crippen molar-refractivity contribution >= 4 is 0 Å². The van der Waals surface area contributed by atoms with Crippen LogP contribution < -0.4 is 5.32 Å². The van der Waals surface area contributed by atoms with E-state index in [1.807, 2.05) is 17.9 Å². The van der Waals surface area contributed by atoms with Gasteiger partial charge in [0.15, 0.2) is 0 Å². The maximum absolute atomic E-state index is 6.05. The second kappa shape index (κ2) is 8.42. The minimum Gasteiger partial charge on any atom is -0.374 e. The number of aromatic nitrogens is 2. The molecule has 1 heterocycles. The van der Waals surface area contributed by atoms with Crippen molar-refractivity contribution in [2.24, 2.45) is 7.05 Å². The molecule has 2 unspecified atom stereocenters. The zero-order chi connectivity index (χ0) is 15.0. The Kier molecular flexibility index (Phi) is 7.24. The third kappa shape index (κ3) is 4.91. The first-order chi connectivity index (χ1) is 9.55. The zero-order valence-corrected chi connectivity index (χ0v) is 13.8. The summed E-state index contributed by atoms with van der Waals surface area (Å²) in [7, 11) is 1.96. The van der Waals surface area contributed by atoms with Crippen molar-refractivity contribution in [3.8, 4) is 0 Å². The van der Waals surface area contributed by atoms with E-state index in [1.54, 1.807) is 0 Å². The van der Waals surface area contributed by atoms with E-state index in [9.17, 15) is 0 Å². The Balaban J connectivity index is 2.67. The fourth-order valence-electron chi connectivity index (χ4n) is 2.63. The average Bonchev–Trinajstić information content (AvgIpc) is 2.84. The predicted octanol–water partition coefficient (Wildman–Crippen LogP) is 2.93. The highest BCUT2D eigenvalue weighted by Crippen LogP contribution is 2.24. The van der Waals surface area contributed by atoms with Gasteiger partial charge in [0.25, 0.3) is 0 Å². The maximum atomic E-state index is 6.05. The van der Waals surface area contributed by atoms with E-state index >= 15 is 0 Å². The van der Waals surface area contributed by atoms with Gasteiger partial charge in [-0.3, -0.25) is 4.68 Å². The number of rotatable bonds is 10. The summed E-state index contributed by atoms with van der Waals surface area (Å²) in [5.41, 5.74) is 1.21. The van der Waals surface area contributed by atoms with Gasteiger partial charge < -0.3 is 10.1 Å². The van der Waals surface area contributed by atoms with Crippen molar-refractivity contribution in [1.29, 1.82) is 0 Å². The number of hydrogen-bond acceptors (Lipinski definition) is 3. The number of nitrogens with one attached hydrogen (secondary N) is 1. The lowest BCUT2D eigenvalue weighted by molar-refractivity contribution is -0.0568. The summed E-state index contributed by atoms with van der Waals surface area (Å²) in [5, 5.41) is 7.91. The second-order valence-corrected chi connectivity index (χ2v) is 5.67. The van der Waals surface area contributed by atoms with Gasteiger partial charge in [0.1, 0.15) is 0 Å². The van der Waals surface area contributed by atoms with Crippen LogP contribution in [-0.2, 0) is 18.2 Å². The normalized spacial score (nSPS) is 16.1. The molecule has 0 spiro atoms. The summed E-state index contributed by atoms with van der Waals surface area (Å²) in [4.78, 5) is 0. The van der Waals surface area contributed by atoms with E-state index in [0.29, 0.717) is 6.04 Å². The van der Waals surface area contributed by atoms with Crippen LogP contribution in [0.5, 0.6) is 0 Å². The molecule has 0 aliphatic heterocycles. The van der Waals surface area contributed by atoms with Gasteiger partial charge in [-0.2, -0.15) is 5.10 Å². The van der Waals surface area contributed by atoms with Crippen LogP contribution in [0.25, 0.3) is 0 Å². The van der Waals surface area contributed by atoms with Gasteiger partial charge in [-0.25, -0.2) is 0 Å². The smallest absolute Gasteiger partial charge is 0.0804 e. The Hall–Kier alpha value is -0.870. The maximum Gasteiger partial charge on any atom is 0.0804 e. The minimum atomic E-state index is -0.0911. The van der Waals surface area contributed by atoms with Crippen LogP contribution >= 0.6 is 0 Å². The monoisotopic (exact) mass is 281 g/mol. The Morgan fingerprint density at radius 3 is 2.65 bits per heavy atom. The standard InChI is InChI=1S/C16H31N3O/c1-6-11-17-15(16(4,7-2)20-8-3)10-9-14-12-18-19(5)13-14/h12-13,15,17H,6-11H2,1-5H3. The average molecular weight is 281 g/mol. The first kappa shape index (κ1) is 17.2. The van der Waals surface area contributed by atoms with Gasteiger partial charge in [0.05, 0.1) is 11.8 Å². The van der Waals surface area contributed by atoms with Crippen molar-refractivity contribution in [3.05, 3.63) is 18.0 Å². The van der Waals surface area contributed by atoms with Crippen LogP contribution in [0.4, 0.5) is 0 Å². The molecule has 4 heteroatoms. The van der Waals surface area contributed by atoms with Gasteiger partial charge in [0.2, 0.25) is 0 Å². The summed E-state index contributed by atoms with van der Waals surface area (Å²) in [6.45, 7) is 10.5. The third-order valence-corrected chi connectivity index (χ3v) is 4.03. The van der Waals surface area contributed by atoms with Gasteiger partial charge >= 0.3 is 0 Å². The highest BCUT2D eigenvalue weighted by molar-refractivity contribution is 5.05. The van der Waals surface area contributed by atoms with E-state index in [0.717, 1.165) is 38.8 Å². The van der Waals surface area contributed by atoms with Crippen molar-refractivity contribution in [2.75, 3.05) is 13.2 Å². The molecule has 0 aromatic carbocycles. The Bertz CT molecular complexity index is 378. The molecule has 1 aromatic rings. The summed E-state index contributed by atoms with van der Waals surface area (Å²) < 4.78 is 7.91. The molecule has 0 bridgehead atoms. The molecule has 1 N–H and O–H groups in total. The van der Waals surface area contributed by atoms with Crippen molar-refractivity contribution in [2.45, 2.75) is 65.0 Å². The number of ether oxygens (including phenoxy) is 1. The number of nitrogens with zero attached hydrogens (tertiary/aromatic N) is 2. The Morgan fingerprint density at radius 2 is 2.15 bits per heavy atom. The van der Waals surface area contributed by atoms with E-state index in [1.165, 1.54) is 5.56 Å². The SMILES string of the molecule is CCCNC(CCc1cnn(C)c1)C(C)(CC)OCC. The van der Waals surface area contributed by atoms with Gasteiger partial charge in [0, 0.05) is 25.9 Å². The quantitative estimate of drug-likeness (QED) is 0.716. The molecule has 1 rings (SSSR count). The van der Waals surface area contributed by atoms with E-state index < -0.39 is 0 Å². The molecule has 0 amide bonds. The molecule has 4 nitrogen and oxygen atoms in total. The van der Waals surface area contributed by atoms with Crippen molar-refractivity contribution in [3.63, 3.8) is 0 Å². The first-order valence-corrected chi connectivity index (χ1v) is 7.90. The topological polar surface area (TPSA) is 39.1 Å². The highest BCUT2D eigenvalue weighted by atomic mass is 16.5. The third-order valence-electron chi connectivity index (χ3n) is 4.03. The lowest BCUT2D eigenvalue weighted by Crippen LogP contribution is -2.50. The van der Waals surface area contributed by atoms with E-state index in [-0.39, 0.29) is 5.60 Å². The first-order valence-electron chi connectivity index (χ1n) is 7.90. The number of aryl methyl sites for hydroxylation is 2. The predicted molar refractivity (Wildman–Crippen MR) is 83.9 cm³/mol. The largest absolute Gasteiger partial charge is 0.374 e. The van der Waals surface area contributed by atoms with Crippen LogP contribution in [0.1, 0.15) is 52.5 Å². The molecule has 0 radical (unpaired) electrons. The Morgan fingerprint density at radius 1 is 1.40 bits per heavy atom. The highest BCUT2D eigenvalue weighted by Gasteiger charge is 2.32. The summed E-state index contributed by atoms with van der Waals surface area (Å²) in [6, 6.07) is 0.382. The lowest BCUT2D eigenvalue weighted by atomic mass is 9.88. The van der Waals surface area contributed by atoms with Crippen LogP contribution in [0.2, 0.25) is 0 Å². The van der Waals surface area contributed by atoms with E-state index in [2.05, 4.69) is 44.3 Å². The van der Waals surface area contributed by atoms with Crippen LogP contribution in [0.3, 0.4) is 0 Å². The Labute approximate surface area is 123 Å². The number of hydrogen-bond donors (Lipinski definition) is 1. The molecular weight excluding hydrogens is 250 g/mol. The molecule has 1 aromatic heterocycles. The molecule has 2 atom stereocenters. The fourth-order valence-corrected chi connectivity index (χ4v) is 2.63. The molecule has 20 heavy (non-hydrogen) atoms. The summed E-state index contributed by atoms with van der Waals surface area (Å²) in [5.74, 6) is 0. The second-order valence-electron chi connectivity index (χ2n) is 5.67. The summed E-state index contributed by atoms with van der Waals surface area (Å²) >= 11 is 0. The molecule has 0 aliphatic rings. The summed E-state index contributed by atoms with van der Waals surface area (Å²) in [6.07, 6.45) is 8.35. The van der Waals surface area contributed by atoms with Crippen LogP contribution in [0, 0.1) is 0 Å². The van der Waals surface area contributed by atoms with Crippen LogP contribution in [0.15, 0.2) is 12.4 Å². The lowest BCUT2D eigenvalue weighted by Gasteiger charge is -2.37. The minimum absolute atomic E-state index is 0.0911. The van der Waals surface area contributed by atoms with Crippen LogP contribution in [-0.4, -0.2) is 34.6 Å². The van der Waals surface area contributed by atoms with Gasteiger partial charge in [-0.15, -0.1) is 0 Å². The molecule has 116 valence electrons. The van der Waals surface area contributed by atoms with Crippen molar-refractivity contribution in [1.82, 2.24) is 15.1 Å². The molecule has 0 aliphatic carbocycles. The molecule has 0 saturated heterocycles.